The van der Waals surface area contributed by atoms with Crippen LogP contribution in [0.1, 0.15) is 37.0 Å². The molecule has 1 N–H and O–H groups in total. The topological polar surface area (TPSA) is 28.4 Å². The summed E-state index contributed by atoms with van der Waals surface area (Å²) in [5.74, 6) is 1.08. The van der Waals surface area contributed by atoms with Crippen LogP contribution in [0.2, 0.25) is 0 Å². The molecule has 0 bridgehead atoms. The second-order valence-electron chi connectivity index (χ2n) is 4.80. The molecule has 90 valence electrons. The number of nitrogens with one attached hydrogen (secondary N) is 1. The number of furan rings is 1. The first-order chi connectivity index (χ1) is 7.79. The van der Waals surface area contributed by atoms with Gasteiger partial charge >= 0.3 is 0 Å². The Bertz CT molecular complexity index is 315. The van der Waals surface area contributed by atoms with Gasteiger partial charge in [0.25, 0.3) is 0 Å². The molecule has 1 aromatic rings. The molecule has 0 unspecified atom stereocenters. The lowest BCUT2D eigenvalue weighted by molar-refractivity contribution is 0.219. The van der Waals surface area contributed by atoms with E-state index >= 15 is 0 Å². The second-order valence-corrected chi connectivity index (χ2v) is 4.80. The molecule has 1 heterocycles. The molecule has 0 aliphatic heterocycles. The Labute approximate surface area is 97.8 Å². The summed E-state index contributed by atoms with van der Waals surface area (Å²) in [5.41, 5.74) is 1.23. The van der Waals surface area contributed by atoms with Crippen LogP contribution in [-0.2, 0) is 13.1 Å². The van der Waals surface area contributed by atoms with Gasteiger partial charge in [0, 0.05) is 18.2 Å². The summed E-state index contributed by atoms with van der Waals surface area (Å²) in [6.45, 7) is 1.82. The fourth-order valence-electron chi connectivity index (χ4n) is 2.53. The first-order valence-corrected chi connectivity index (χ1v) is 6.20. The zero-order valence-electron chi connectivity index (χ0n) is 10.3. The smallest absolute Gasteiger partial charge is 0.118 e. The van der Waals surface area contributed by atoms with Gasteiger partial charge < -0.3 is 9.73 Å². The highest BCUT2D eigenvalue weighted by Crippen LogP contribution is 2.23. The summed E-state index contributed by atoms with van der Waals surface area (Å²) in [7, 11) is 4.16. The molecule has 1 fully saturated rings. The average Bonchev–Trinajstić information content (AvgIpc) is 2.89. The third-order valence-corrected chi connectivity index (χ3v) is 3.44. The Morgan fingerprint density at radius 3 is 2.88 bits per heavy atom. The fourth-order valence-corrected chi connectivity index (χ4v) is 2.53. The monoisotopic (exact) mass is 222 g/mol. The largest absolute Gasteiger partial charge is 0.468 e. The van der Waals surface area contributed by atoms with Gasteiger partial charge in [0.15, 0.2) is 0 Å². The molecular formula is C13H22N2O. The van der Waals surface area contributed by atoms with Crippen LogP contribution in [0.3, 0.4) is 0 Å². The molecule has 2 rings (SSSR count). The van der Waals surface area contributed by atoms with Crippen molar-refractivity contribution >= 4 is 0 Å². The van der Waals surface area contributed by atoms with Crippen molar-refractivity contribution < 1.29 is 4.42 Å². The number of hydrogen-bond acceptors (Lipinski definition) is 3. The molecule has 0 radical (unpaired) electrons. The van der Waals surface area contributed by atoms with Crippen molar-refractivity contribution in [2.24, 2.45) is 0 Å². The summed E-state index contributed by atoms with van der Waals surface area (Å²) in [4.78, 5) is 2.43. The lowest BCUT2D eigenvalue weighted by Gasteiger charge is -2.22. The number of hydrogen-bond donors (Lipinski definition) is 1. The van der Waals surface area contributed by atoms with Crippen molar-refractivity contribution in [2.75, 3.05) is 14.1 Å². The first kappa shape index (κ1) is 11.7. The van der Waals surface area contributed by atoms with Gasteiger partial charge in [-0.3, -0.25) is 4.90 Å². The summed E-state index contributed by atoms with van der Waals surface area (Å²) in [6.07, 6.45) is 7.33. The molecule has 3 nitrogen and oxygen atoms in total. The Morgan fingerprint density at radius 2 is 2.19 bits per heavy atom. The van der Waals surface area contributed by atoms with Crippen LogP contribution >= 0.6 is 0 Å². The van der Waals surface area contributed by atoms with Crippen molar-refractivity contribution in [1.82, 2.24) is 10.2 Å². The summed E-state index contributed by atoms with van der Waals surface area (Å²) >= 11 is 0. The average molecular weight is 222 g/mol. The maximum absolute atomic E-state index is 5.57. The third-order valence-electron chi connectivity index (χ3n) is 3.44. The minimum absolute atomic E-state index is 0.762. The second kappa shape index (κ2) is 5.51. The SMILES string of the molecule is CNCc1coc(CN(C)C2CCCC2)c1. The molecule has 0 saturated heterocycles. The maximum atomic E-state index is 5.57. The Kier molecular flexibility index (Phi) is 4.02. The highest BCUT2D eigenvalue weighted by Gasteiger charge is 2.20. The van der Waals surface area contributed by atoms with Crippen molar-refractivity contribution in [2.45, 2.75) is 44.8 Å². The lowest BCUT2D eigenvalue weighted by Crippen LogP contribution is -2.28. The van der Waals surface area contributed by atoms with Crippen LogP contribution in [0.4, 0.5) is 0 Å². The quantitative estimate of drug-likeness (QED) is 0.829. The van der Waals surface area contributed by atoms with E-state index in [-0.39, 0.29) is 0 Å². The lowest BCUT2D eigenvalue weighted by atomic mass is 10.2. The van der Waals surface area contributed by atoms with Crippen molar-refractivity contribution in [3.8, 4) is 0 Å². The summed E-state index contributed by atoms with van der Waals surface area (Å²) in [6, 6.07) is 2.92. The molecule has 3 heteroatoms. The van der Waals surface area contributed by atoms with Crippen LogP contribution in [0.5, 0.6) is 0 Å². The molecule has 0 amide bonds. The zero-order valence-corrected chi connectivity index (χ0v) is 10.3. The predicted molar refractivity (Wildman–Crippen MR) is 65.2 cm³/mol. The minimum Gasteiger partial charge on any atom is -0.468 e. The van der Waals surface area contributed by atoms with E-state index in [0.717, 1.165) is 24.9 Å². The van der Waals surface area contributed by atoms with Gasteiger partial charge in [-0.25, -0.2) is 0 Å². The molecule has 1 aliphatic carbocycles. The van der Waals surface area contributed by atoms with Gasteiger partial charge in [0.2, 0.25) is 0 Å². The van der Waals surface area contributed by atoms with Gasteiger partial charge in [0.05, 0.1) is 12.8 Å². The van der Waals surface area contributed by atoms with Gasteiger partial charge in [-0.15, -0.1) is 0 Å². The number of rotatable bonds is 5. The summed E-state index contributed by atoms with van der Waals surface area (Å²) in [5, 5.41) is 3.13. The van der Waals surface area contributed by atoms with Crippen molar-refractivity contribution in [3.05, 3.63) is 23.7 Å². The molecule has 0 aromatic carbocycles. The highest BCUT2D eigenvalue weighted by molar-refractivity contribution is 5.12. The van der Waals surface area contributed by atoms with Crippen molar-refractivity contribution in [1.29, 1.82) is 0 Å². The van der Waals surface area contributed by atoms with Crippen LogP contribution in [0.25, 0.3) is 0 Å². The Balaban J connectivity index is 1.87. The van der Waals surface area contributed by atoms with E-state index in [1.165, 1.54) is 31.2 Å². The molecule has 1 aromatic heterocycles. The first-order valence-electron chi connectivity index (χ1n) is 6.20. The van der Waals surface area contributed by atoms with Crippen LogP contribution < -0.4 is 5.32 Å². The maximum Gasteiger partial charge on any atom is 0.118 e. The molecule has 16 heavy (non-hydrogen) atoms. The normalized spacial score (nSPS) is 17.4. The Morgan fingerprint density at radius 1 is 1.44 bits per heavy atom. The predicted octanol–water partition coefficient (Wildman–Crippen LogP) is 2.37. The van der Waals surface area contributed by atoms with E-state index in [2.05, 4.69) is 23.3 Å². The fraction of sp³-hybridized carbons (Fsp3) is 0.692. The highest BCUT2D eigenvalue weighted by atomic mass is 16.3. The standard InChI is InChI=1S/C13H22N2O/c1-14-8-11-7-13(16-10-11)9-15(2)12-5-3-4-6-12/h7,10,12,14H,3-6,8-9H2,1-2H3. The summed E-state index contributed by atoms with van der Waals surface area (Å²) < 4.78 is 5.57. The van der Waals surface area contributed by atoms with Gasteiger partial charge in [-0.1, -0.05) is 12.8 Å². The molecule has 1 saturated carbocycles. The van der Waals surface area contributed by atoms with Crippen LogP contribution in [0, 0.1) is 0 Å². The zero-order chi connectivity index (χ0) is 11.4. The van der Waals surface area contributed by atoms with E-state index in [4.69, 9.17) is 4.42 Å². The van der Waals surface area contributed by atoms with E-state index in [1.54, 1.807) is 0 Å². The number of nitrogens with zero attached hydrogens (tertiary/aromatic N) is 1. The van der Waals surface area contributed by atoms with Gasteiger partial charge in [-0.05, 0) is 33.0 Å². The Hall–Kier alpha value is -0.800. The van der Waals surface area contributed by atoms with Crippen molar-refractivity contribution in [3.63, 3.8) is 0 Å². The van der Waals surface area contributed by atoms with Crippen LogP contribution in [-0.4, -0.2) is 25.0 Å². The molecule has 1 aliphatic rings. The van der Waals surface area contributed by atoms with Gasteiger partial charge in [0.1, 0.15) is 5.76 Å². The molecule has 0 spiro atoms. The molecular weight excluding hydrogens is 200 g/mol. The third kappa shape index (κ3) is 2.86. The van der Waals surface area contributed by atoms with Gasteiger partial charge in [-0.2, -0.15) is 0 Å². The minimum atomic E-state index is 0.762. The molecule has 0 atom stereocenters. The van der Waals surface area contributed by atoms with E-state index < -0.39 is 0 Å². The van der Waals surface area contributed by atoms with E-state index in [1.807, 2.05) is 13.3 Å². The van der Waals surface area contributed by atoms with E-state index in [9.17, 15) is 0 Å². The van der Waals surface area contributed by atoms with E-state index in [0.29, 0.717) is 0 Å². The van der Waals surface area contributed by atoms with Crippen LogP contribution in [0.15, 0.2) is 16.7 Å².